The van der Waals surface area contributed by atoms with E-state index in [0.29, 0.717) is 17.8 Å². The molecule has 1 aliphatic heterocycles. The molecular weight excluding hydrogens is 482 g/mol. The molecule has 0 saturated carbocycles. The smallest absolute Gasteiger partial charge is 0.224 e. The van der Waals surface area contributed by atoms with Crippen molar-refractivity contribution in [2.75, 3.05) is 23.4 Å². The number of amides is 2. The van der Waals surface area contributed by atoms with Crippen LogP contribution >= 0.6 is 0 Å². The van der Waals surface area contributed by atoms with Gasteiger partial charge in [-0.05, 0) is 59.9 Å². The van der Waals surface area contributed by atoms with E-state index in [0.717, 1.165) is 27.9 Å². The monoisotopic (exact) mass is 513 g/mol. The maximum atomic E-state index is 12.5. The molecule has 2 amide bonds. The Morgan fingerprint density at radius 3 is 2.42 bits per heavy atom. The number of pyridine rings is 1. The topological polar surface area (TPSA) is 139 Å². The number of carbonyl (C=O) groups is 2. The van der Waals surface area contributed by atoms with Crippen LogP contribution in [0.15, 0.2) is 60.8 Å². The lowest BCUT2D eigenvalue weighted by Gasteiger charge is -2.39. The van der Waals surface area contributed by atoms with Crippen molar-refractivity contribution >= 4 is 23.3 Å². The Morgan fingerprint density at radius 2 is 1.82 bits per heavy atom. The molecule has 1 aromatic heterocycles. The van der Waals surface area contributed by atoms with Gasteiger partial charge in [-0.15, -0.1) is 0 Å². The van der Waals surface area contributed by atoms with Gasteiger partial charge in [0.05, 0.1) is 37.3 Å². The van der Waals surface area contributed by atoms with Gasteiger partial charge < -0.3 is 25.7 Å². The molecule has 9 heteroatoms. The molecule has 2 unspecified atom stereocenters. The molecule has 2 aromatic carbocycles. The third-order valence-electron chi connectivity index (χ3n) is 6.69. The first-order valence-corrected chi connectivity index (χ1v) is 12.5. The van der Waals surface area contributed by atoms with Crippen molar-refractivity contribution in [3.63, 3.8) is 0 Å². The first kappa shape index (κ1) is 26.8. The average molecular weight is 514 g/mol. The van der Waals surface area contributed by atoms with Crippen LogP contribution < -0.4 is 15.5 Å². The fraction of sp³-hybridized carbons (Fsp3) is 0.310. The highest BCUT2D eigenvalue weighted by atomic mass is 16.3. The van der Waals surface area contributed by atoms with E-state index >= 15 is 0 Å². The summed E-state index contributed by atoms with van der Waals surface area (Å²) in [6.07, 6.45) is 2.35. The first-order valence-electron chi connectivity index (χ1n) is 12.5. The standard InChI is InChI=1S/C29H31N5O4/c1-18-11-26(33-28-10-5-21(14-30)15-31-28)25-13-23(8-9-27(25)34(18)19(2)37)22-6-3-20(4-7-22)12-29(38)32-24(16-35)17-36/h3-10,13,15,18,24,26,35-36H,11-12,16-17H2,1-2H3,(H,31,33)(H,32,38). The number of carbonyl (C=O) groups excluding carboxylic acids is 2. The largest absolute Gasteiger partial charge is 0.394 e. The number of anilines is 2. The van der Waals surface area contributed by atoms with Gasteiger partial charge in [0.15, 0.2) is 0 Å². The maximum absolute atomic E-state index is 12.5. The SMILES string of the molecule is CC(=O)N1c2ccc(-c3ccc(CC(=O)NC(CO)CO)cc3)cc2C(Nc2ccc(C#N)cn2)CC1C. The normalized spacial score (nSPS) is 16.5. The maximum Gasteiger partial charge on any atom is 0.224 e. The number of hydrogen-bond acceptors (Lipinski definition) is 7. The lowest BCUT2D eigenvalue weighted by molar-refractivity contribution is -0.121. The van der Waals surface area contributed by atoms with Crippen LogP contribution in [-0.4, -0.2) is 52.3 Å². The van der Waals surface area contributed by atoms with Crippen LogP contribution in [0.1, 0.15) is 43.0 Å². The number of hydrogen-bond donors (Lipinski definition) is 4. The Hall–Kier alpha value is -4.26. The summed E-state index contributed by atoms with van der Waals surface area (Å²) in [7, 11) is 0. The molecule has 0 aliphatic carbocycles. The number of rotatable bonds is 8. The van der Waals surface area contributed by atoms with Crippen LogP contribution in [0, 0.1) is 11.3 Å². The minimum Gasteiger partial charge on any atom is -0.394 e. The number of aromatic nitrogens is 1. The van der Waals surface area contributed by atoms with E-state index in [-0.39, 0.29) is 43.5 Å². The second kappa shape index (κ2) is 11.9. The Balaban J connectivity index is 1.60. The van der Waals surface area contributed by atoms with Gasteiger partial charge in [0, 0.05) is 24.8 Å². The molecule has 4 N–H and O–H groups in total. The molecule has 9 nitrogen and oxygen atoms in total. The van der Waals surface area contributed by atoms with E-state index in [1.807, 2.05) is 48.2 Å². The van der Waals surface area contributed by atoms with Crippen molar-refractivity contribution in [3.8, 4) is 17.2 Å². The molecular formula is C29H31N5O4. The fourth-order valence-corrected chi connectivity index (χ4v) is 4.81. The van der Waals surface area contributed by atoms with Gasteiger partial charge in [0.2, 0.25) is 11.8 Å². The number of nitrogens with zero attached hydrogens (tertiary/aromatic N) is 3. The highest BCUT2D eigenvalue weighted by Gasteiger charge is 2.32. The first-order chi connectivity index (χ1) is 18.3. The van der Waals surface area contributed by atoms with Gasteiger partial charge in [0.25, 0.3) is 0 Å². The molecule has 0 bridgehead atoms. The molecule has 0 fully saturated rings. The molecule has 0 radical (unpaired) electrons. The second-order valence-electron chi connectivity index (χ2n) is 9.49. The van der Waals surface area contributed by atoms with Crippen LogP contribution in [0.3, 0.4) is 0 Å². The van der Waals surface area contributed by atoms with Crippen molar-refractivity contribution < 1.29 is 19.8 Å². The van der Waals surface area contributed by atoms with E-state index in [2.05, 4.69) is 27.8 Å². The lowest BCUT2D eigenvalue weighted by Crippen LogP contribution is -2.43. The molecule has 2 heterocycles. The third-order valence-corrected chi connectivity index (χ3v) is 6.69. The van der Waals surface area contributed by atoms with Crippen LogP contribution in [0.5, 0.6) is 0 Å². The quantitative estimate of drug-likeness (QED) is 0.363. The zero-order chi connectivity index (χ0) is 27.2. The van der Waals surface area contributed by atoms with Crippen molar-refractivity contribution in [2.45, 2.75) is 44.8 Å². The molecule has 2 atom stereocenters. The van der Waals surface area contributed by atoms with Gasteiger partial charge in [0.1, 0.15) is 11.9 Å². The van der Waals surface area contributed by atoms with E-state index in [9.17, 15) is 9.59 Å². The number of aliphatic hydroxyl groups is 2. The summed E-state index contributed by atoms with van der Waals surface area (Å²) in [5.74, 6) is 0.359. The lowest BCUT2D eigenvalue weighted by atomic mass is 9.89. The second-order valence-corrected chi connectivity index (χ2v) is 9.49. The van der Waals surface area contributed by atoms with Crippen LogP contribution in [0.25, 0.3) is 11.1 Å². The number of nitrogens with one attached hydrogen (secondary N) is 2. The van der Waals surface area contributed by atoms with Gasteiger partial charge in [-0.3, -0.25) is 9.59 Å². The Bertz CT molecular complexity index is 1330. The van der Waals surface area contributed by atoms with Crippen LogP contribution in [-0.2, 0) is 16.0 Å². The predicted octanol–water partition coefficient (Wildman–Crippen LogP) is 2.93. The summed E-state index contributed by atoms with van der Waals surface area (Å²) in [4.78, 5) is 30.9. The highest BCUT2D eigenvalue weighted by Crippen LogP contribution is 2.41. The van der Waals surface area contributed by atoms with Gasteiger partial charge >= 0.3 is 0 Å². The summed E-state index contributed by atoms with van der Waals surface area (Å²) < 4.78 is 0. The van der Waals surface area contributed by atoms with Gasteiger partial charge in [-0.1, -0.05) is 30.3 Å². The summed E-state index contributed by atoms with van der Waals surface area (Å²) in [6.45, 7) is 2.95. The van der Waals surface area contributed by atoms with E-state index in [4.69, 9.17) is 15.5 Å². The summed E-state index contributed by atoms with van der Waals surface area (Å²) in [6, 6.07) is 18.5. The Morgan fingerprint density at radius 1 is 1.11 bits per heavy atom. The Kier molecular flexibility index (Phi) is 8.36. The van der Waals surface area contributed by atoms with Crippen molar-refractivity contribution in [2.24, 2.45) is 0 Å². The fourth-order valence-electron chi connectivity index (χ4n) is 4.81. The molecule has 0 spiro atoms. The summed E-state index contributed by atoms with van der Waals surface area (Å²) >= 11 is 0. The predicted molar refractivity (Wildman–Crippen MR) is 144 cm³/mol. The Labute approximate surface area is 221 Å². The van der Waals surface area contributed by atoms with E-state index in [1.165, 1.54) is 6.20 Å². The van der Waals surface area contributed by atoms with E-state index < -0.39 is 6.04 Å². The summed E-state index contributed by atoms with van der Waals surface area (Å²) in [5.41, 5.74) is 5.05. The molecule has 4 rings (SSSR count). The van der Waals surface area contributed by atoms with Gasteiger partial charge in [-0.25, -0.2) is 4.98 Å². The van der Waals surface area contributed by atoms with E-state index in [1.54, 1.807) is 19.1 Å². The molecule has 38 heavy (non-hydrogen) atoms. The number of benzene rings is 2. The molecule has 0 saturated heterocycles. The highest BCUT2D eigenvalue weighted by molar-refractivity contribution is 5.94. The third kappa shape index (κ3) is 5.99. The molecule has 3 aromatic rings. The minimum absolute atomic E-state index is 0.0107. The van der Waals surface area contributed by atoms with Crippen molar-refractivity contribution in [3.05, 3.63) is 77.5 Å². The zero-order valence-electron chi connectivity index (χ0n) is 21.4. The van der Waals surface area contributed by atoms with Crippen LogP contribution in [0.4, 0.5) is 11.5 Å². The summed E-state index contributed by atoms with van der Waals surface area (Å²) in [5, 5.41) is 33.4. The number of nitriles is 1. The van der Waals surface area contributed by atoms with Crippen molar-refractivity contribution in [1.29, 1.82) is 5.26 Å². The van der Waals surface area contributed by atoms with Gasteiger partial charge in [-0.2, -0.15) is 5.26 Å². The van der Waals surface area contributed by atoms with Crippen LogP contribution in [0.2, 0.25) is 0 Å². The number of fused-ring (bicyclic) bond motifs is 1. The average Bonchev–Trinajstić information content (AvgIpc) is 2.92. The van der Waals surface area contributed by atoms with Crippen molar-refractivity contribution in [1.82, 2.24) is 10.3 Å². The number of aliphatic hydroxyl groups excluding tert-OH is 2. The minimum atomic E-state index is -0.671. The molecule has 1 aliphatic rings. The zero-order valence-corrected chi connectivity index (χ0v) is 21.4. The molecule has 196 valence electrons.